The molecule has 13 heteroatoms. The Morgan fingerprint density at radius 1 is 1.15 bits per heavy atom. The minimum atomic E-state index is -3.72. The standard InChI is InChI=1S/C20H16ClN3O7S2/c1-12(19(25)22-17-9-8-15(24(27)28)11-16(17)21)31-20(26)13-4-6-14(7-5-13)23-33(29,30)18-3-2-10-32-18/h2-12,23H,1H3,(H,22,25). The molecule has 0 spiro atoms. The predicted octanol–water partition coefficient (Wildman–Crippen LogP) is 4.29. The van der Waals surface area contributed by atoms with E-state index in [-0.39, 0.29) is 31.9 Å². The van der Waals surface area contributed by atoms with E-state index in [1.54, 1.807) is 11.4 Å². The molecule has 33 heavy (non-hydrogen) atoms. The lowest BCUT2D eigenvalue weighted by Crippen LogP contribution is -2.30. The quantitative estimate of drug-likeness (QED) is 0.261. The normalized spacial score (nSPS) is 11.9. The van der Waals surface area contributed by atoms with Gasteiger partial charge in [-0.3, -0.25) is 19.6 Å². The van der Waals surface area contributed by atoms with E-state index < -0.39 is 32.9 Å². The SMILES string of the molecule is CC(OC(=O)c1ccc(NS(=O)(=O)c2cccs2)cc1)C(=O)Nc1ccc([N+](=O)[O-])cc1Cl. The van der Waals surface area contributed by atoms with Gasteiger partial charge in [-0.25, -0.2) is 13.2 Å². The van der Waals surface area contributed by atoms with Crippen molar-refractivity contribution < 1.29 is 27.7 Å². The summed E-state index contributed by atoms with van der Waals surface area (Å²) >= 11 is 7.01. The Kier molecular flexibility index (Phi) is 7.31. The summed E-state index contributed by atoms with van der Waals surface area (Å²) in [6.07, 6.45) is -1.21. The number of anilines is 2. The minimum Gasteiger partial charge on any atom is -0.449 e. The van der Waals surface area contributed by atoms with E-state index in [4.69, 9.17) is 16.3 Å². The molecule has 10 nitrogen and oxygen atoms in total. The predicted molar refractivity (Wildman–Crippen MR) is 123 cm³/mol. The maximum absolute atomic E-state index is 12.3. The van der Waals surface area contributed by atoms with Crippen molar-refractivity contribution in [2.45, 2.75) is 17.2 Å². The summed E-state index contributed by atoms with van der Waals surface area (Å²) in [5.74, 6) is -1.50. The number of benzene rings is 2. The second-order valence-corrected chi connectivity index (χ2v) is 9.84. The lowest BCUT2D eigenvalue weighted by molar-refractivity contribution is -0.384. The van der Waals surface area contributed by atoms with Gasteiger partial charge >= 0.3 is 5.97 Å². The summed E-state index contributed by atoms with van der Waals surface area (Å²) in [5, 5.41) is 14.8. The van der Waals surface area contributed by atoms with Crippen LogP contribution in [0.15, 0.2) is 64.2 Å². The topological polar surface area (TPSA) is 145 Å². The molecule has 0 fully saturated rings. The molecule has 0 saturated carbocycles. The van der Waals surface area contributed by atoms with Gasteiger partial charge in [-0.1, -0.05) is 17.7 Å². The van der Waals surface area contributed by atoms with Gasteiger partial charge in [-0.05, 0) is 48.7 Å². The number of nitrogens with one attached hydrogen (secondary N) is 2. The first-order valence-corrected chi connectivity index (χ1v) is 11.9. The molecule has 0 saturated heterocycles. The number of rotatable bonds is 8. The molecule has 3 rings (SSSR count). The summed E-state index contributed by atoms with van der Waals surface area (Å²) < 4.78 is 32.2. The highest BCUT2D eigenvalue weighted by molar-refractivity contribution is 7.94. The number of esters is 1. The van der Waals surface area contributed by atoms with Gasteiger partial charge in [-0.2, -0.15) is 0 Å². The first-order chi connectivity index (χ1) is 15.6. The van der Waals surface area contributed by atoms with Crippen LogP contribution in [0.25, 0.3) is 0 Å². The monoisotopic (exact) mass is 509 g/mol. The third-order valence-electron chi connectivity index (χ3n) is 4.21. The second-order valence-electron chi connectivity index (χ2n) is 6.57. The average molecular weight is 510 g/mol. The molecule has 1 amide bonds. The van der Waals surface area contributed by atoms with Crippen LogP contribution < -0.4 is 10.0 Å². The number of halogens is 1. The maximum atomic E-state index is 12.3. The first-order valence-electron chi connectivity index (χ1n) is 9.19. The molecule has 0 bridgehead atoms. The molecule has 172 valence electrons. The minimum absolute atomic E-state index is 0.0448. The summed E-state index contributed by atoms with van der Waals surface area (Å²) in [5.41, 5.74) is 0.233. The fourth-order valence-electron chi connectivity index (χ4n) is 2.53. The van der Waals surface area contributed by atoms with Gasteiger partial charge in [0.05, 0.1) is 21.2 Å². The molecule has 1 atom stereocenters. The van der Waals surface area contributed by atoms with Crippen LogP contribution in [0.4, 0.5) is 17.1 Å². The Hall–Kier alpha value is -3.48. The summed E-state index contributed by atoms with van der Waals surface area (Å²) in [6.45, 7) is 1.34. The maximum Gasteiger partial charge on any atom is 0.338 e. The smallest absolute Gasteiger partial charge is 0.338 e. The van der Waals surface area contributed by atoms with Crippen molar-refractivity contribution in [1.82, 2.24) is 0 Å². The average Bonchev–Trinajstić information content (AvgIpc) is 3.31. The van der Waals surface area contributed by atoms with Gasteiger partial charge in [0.1, 0.15) is 4.21 Å². The summed E-state index contributed by atoms with van der Waals surface area (Å²) in [6, 6.07) is 12.1. The number of amides is 1. The van der Waals surface area contributed by atoms with Gasteiger partial charge in [0.25, 0.3) is 21.6 Å². The van der Waals surface area contributed by atoms with E-state index in [1.807, 2.05) is 0 Å². The van der Waals surface area contributed by atoms with Crippen LogP contribution in [0.5, 0.6) is 0 Å². The van der Waals surface area contributed by atoms with Crippen molar-refractivity contribution >= 4 is 61.9 Å². The highest BCUT2D eigenvalue weighted by atomic mass is 35.5. The third kappa shape index (κ3) is 6.06. The van der Waals surface area contributed by atoms with Crippen molar-refractivity contribution in [2.24, 2.45) is 0 Å². The number of thiophene rings is 1. The molecule has 1 heterocycles. The van der Waals surface area contributed by atoms with E-state index in [1.165, 1.54) is 49.4 Å². The number of hydrogen-bond acceptors (Lipinski definition) is 8. The lowest BCUT2D eigenvalue weighted by Gasteiger charge is -2.14. The first kappa shape index (κ1) is 24.2. The van der Waals surface area contributed by atoms with Gasteiger partial charge < -0.3 is 10.1 Å². The van der Waals surface area contributed by atoms with Crippen LogP contribution in [-0.2, 0) is 19.6 Å². The molecular weight excluding hydrogens is 494 g/mol. The Bertz CT molecular complexity index is 1290. The molecule has 1 aromatic heterocycles. The van der Waals surface area contributed by atoms with Crippen LogP contribution in [0.2, 0.25) is 5.02 Å². The number of hydrogen-bond donors (Lipinski definition) is 2. The van der Waals surface area contributed by atoms with Crippen molar-refractivity contribution in [1.29, 1.82) is 0 Å². The van der Waals surface area contributed by atoms with Crippen molar-refractivity contribution in [3.8, 4) is 0 Å². The Balaban J connectivity index is 1.60. The second kappa shape index (κ2) is 9.98. The zero-order valence-electron chi connectivity index (χ0n) is 16.9. The summed E-state index contributed by atoms with van der Waals surface area (Å²) in [4.78, 5) is 34.8. The zero-order valence-corrected chi connectivity index (χ0v) is 19.2. The van der Waals surface area contributed by atoms with Gasteiger partial charge in [0.2, 0.25) is 0 Å². The highest BCUT2D eigenvalue weighted by Gasteiger charge is 2.21. The largest absolute Gasteiger partial charge is 0.449 e. The Morgan fingerprint density at radius 2 is 1.85 bits per heavy atom. The molecule has 0 aliphatic carbocycles. The Labute approximate surface area is 197 Å². The van der Waals surface area contributed by atoms with E-state index in [2.05, 4.69) is 10.0 Å². The lowest BCUT2D eigenvalue weighted by atomic mass is 10.2. The van der Waals surface area contributed by atoms with Crippen LogP contribution in [0.1, 0.15) is 17.3 Å². The van der Waals surface area contributed by atoms with Gasteiger partial charge in [0.15, 0.2) is 6.10 Å². The van der Waals surface area contributed by atoms with Crippen LogP contribution in [0, 0.1) is 10.1 Å². The highest BCUT2D eigenvalue weighted by Crippen LogP contribution is 2.27. The third-order valence-corrected chi connectivity index (χ3v) is 7.30. The fourth-order valence-corrected chi connectivity index (χ4v) is 4.81. The number of nitro benzene ring substituents is 1. The van der Waals surface area contributed by atoms with Crippen molar-refractivity contribution in [3.63, 3.8) is 0 Å². The molecule has 3 aromatic rings. The molecule has 0 aliphatic heterocycles. The fraction of sp³-hybridized carbons (Fsp3) is 0.100. The van der Waals surface area contributed by atoms with Crippen molar-refractivity contribution in [3.05, 3.63) is 80.7 Å². The van der Waals surface area contributed by atoms with E-state index in [0.717, 1.165) is 17.4 Å². The molecule has 2 N–H and O–H groups in total. The van der Waals surface area contributed by atoms with Crippen LogP contribution in [0.3, 0.4) is 0 Å². The number of non-ortho nitro benzene ring substituents is 1. The molecule has 2 aromatic carbocycles. The number of nitro groups is 1. The zero-order chi connectivity index (χ0) is 24.2. The number of carbonyl (C=O) groups is 2. The number of ether oxygens (including phenoxy) is 1. The Morgan fingerprint density at radius 3 is 2.42 bits per heavy atom. The van der Waals surface area contributed by atoms with Crippen LogP contribution in [-0.4, -0.2) is 31.3 Å². The molecular formula is C20H16ClN3O7S2. The van der Waals surface area contributed by atoms with E-state index >= 15 is 0 Å². The number of nitrogens with zero attached hydrogens (tertiary/aromatic N) is 1. The van der Waals surface area contributed by atoms with Gasteiger partial charge in [0, 0.05) is 17.8 Å². The molecule has 1 unspecified atom stereocenters. The van der Waals surface area contributed by atoms with Crippen molar-refractivity contribution in [2.75, 3.05) is 10.0 Å². The summed E-state index contributed by atoms with van der Waals surface area (Å²) in [7, 11) is -3.72. The molecule has 0 radical (unpaired) electrons. The number of carbonyl (C=O) groups excluding carboxylic acids is 2. The number of sulfonamides is 1. The van der Waals surface area contributed by atoms with E-state index in [0.29, 0.717) is 0 Å². The van der Waals surface area contributed by atoms with E-state index in [9.17, 15) is 28.1 Å². The molecule has 0 aliphatic rings. The van der Waals surface area contributed by atoms with Crippen LogP contribution >= 0.6 is 22.9 Å². The van der Waals surface area contributed by atoms with Gasteiger partial charge in [-0.15, -0.1) is 11.3 Å².